The highest BCUT2D eigenvalue weighted by Crippen LogP contribution is 2.47. The first-order chi connectivity index (χ1) is 10.2. The summed E-state index contributed by atoms with van der Waals surface area (Å²) in [4.78, 5) is 25.2. The number of hydrogen-bond acceptors (Lipinski definition) is 7. The maximum absolute atomic E-state index is 12.1. The molecule has 22 heavy (non-hydrogen) atoms. The van der Waals surface area contributed by atoms with Gasteiger partial charge in [-0.1, -0.05) is 0 Å². The monoisotopic (exact) mass is 352 g/mol. The molecule has 11 heteroatoms. The number of hydrogen-bond donors (Lipinski definition) is 3. The highest BCUT2D eigenvalue weighted by Gasteiger charge is 2.57. The summed E-state index contributed by atoms with van der Waals surface area (Å²) in [5.74, 6) is -2.03. The molecule has 0 aromatic heterocycles. The standard InChI is InChI=1S/C11H16N2O7S2/c1-5(20-22(17,18)19)8-6-4-7(21-3-2-12)9(11(15)16)13(6)10(8)14/h5-6,8H,2-4,12H2,1H3,(H,15,16)(H,17,18,19)/t5-,6+,8-/m0/s1. The van der Waals surface area contributed by atoms with Gasteiger partial charge in [-0.05, 0) is 6.92 Å². The number of carboxylic acid groups (broad SMARTS) is 1. The van der Waals surface area contributed by atoms with E-state index in [4.69, 9.17) is 10.3 Å². The van der Waals surface area contributed by atoms with E-state index in [9.17, 15) is 23.1 Å². The molecule has 0 aliphatic carbocycles. The Morgan fingerprint density at radius 1 is 1.59 bits per heavy atom. The Kier molecular flexibility index (Phi) is 4.82. The van der Waals surface area contributed by atoms with E-state index in [1.54, 1.807) is 0 Å². The van der Waals surface area contributed by atoms with E-state index < -0.39 is 40.3 Å². The molecule has 4 N–H and O–H groups in total. The second kappa shape index (κ2) is 6.16. The molecule has 2 aliphatic heterocycles. The van der Waals surface area contributed by atoms with Crippen molar-refractivity contribution < 1.29 is 31.8 Å². The third-order valence-electron chi connectivity index (χ3n) is 3.54. The minimum atomic E-state index is -4.68. The fraction of sp³-hybridized carbons (Fsp3) is 0.636. The first-order valence-electron chi connectivity index (χ1n) is 6.45. The summed E-state index contributed by atoms with van der Waals surface area (Å²) in [6.07, 6.45) is -0.764. The number of nitrogens with zero attached hydrogens (tertiary/aromatic N) is 1. The molecule has 0 spiro atoms. The van der Waals surface area contributed by atoms with Crippen molar-refractivity contribution in [3.63, 3.8) is 0 Å². The lowest BCUT2D eigenvalue weighted by molar-refractivity contribution is -0.160. The summed E-state index contributed by atoms with van der Waals surface area (Å²) in [5.41, 5.74) is 5.32. The Labute approximate surface area is 131 Å². The van der Waals surface area contributed by atoms with Crippen LogP contribution in [0.4, 0.5) is 0 Å². The number of thioether (sulfide) groups is 1. The summed E-state index contributed by atoms with van der Waals surface area (Å²) in [5, 5.41) is 9.27. The molecule has 0 aromatic rings. The van der Waals surface area contributed by atoms with Gasteiger partial charge in [0.15, 0.2) is 0 Å². The first-order valence-corrected chi connectivity index (χ1v) is 8.80. The molecule has 9 nitrogen and oxygen atoms in total. The van der Waals surface area contributed by atoms with Gasteiger partial charge in [0.2, 0.25) is 5.91 Å². The number of β-lactam (4-membered cyclic amide) rings is 1. The molecule has 0 saturated carbocycles. The second-order valence-corrected chi connectivity index (χ2v) is 7.19. The summed E-state index contributed by atoms with van der Waals surface area (Å²) in [7, 11) is -4.68. The van der Waals surface area contributed by atoms with Gasteiger partial charge < -0.3 is 15.7 Å². The first kappa shape index (κ1) is 17.2. The Balaban J connectivity index is 2.17. The second-order valence-electron chi connectivity index (χ2n) is 4.95. The molecule has 2 heterocycles. The zero-order valence-electron chi connectivity index (χ0n) is 11.6. The maximum atomic E-state index is 12.1. The summed E-state index contributed by atoms with van der Waals surface area (Å²) >= 11 is 1.27. The lowest BCUT2D eigenvalue weighted by atomic mass is 9.83. The molecule has 124 valence electrons. The number of nitrogens with two attached hydrogens (primary N) is 1. The van der Waals surface area contributed by atoms with Crippen LogP contribution in [0.15, 0.2) is 10.6 Å². The van der Waals surface area contributed by atoms with Crippen molar-refractivity contribution in [2.45, 2.75) is 25.5 Å². The van der Waals surface area contributed by atoms with E-state index in [1.807, 2.05) is 0 Å². The topological polar surface area (TPSA) is 147 Å². The molecule has 0 unspecified atom stereocenters. The van der Waals surface area contributed by atoms with Gasteiger partial charge in [-0.15, -0.1) is 11.8 Å². The van der Waals surface area contributed by atoms with E-state index in [0.717, 1.165) is 4.90 Å². The lowest BCUT2D eigenvalue weighted by Crippen LogP contribution is -2.62. The molecule has 2 rings (SSSR count). The number of carbonyl (C=O) groups excluding carboxylic acids is 1. The number of fused-ring (bicyclic) bond motifs is 1. The summed E-state index contributed by atoms with van der Waals surface area (Å²) in [6, 6.07) is -0.476. The van der Waals surface area contributed by atoms with E-state index in [2.05, 4.69) is 4.18 Å². The highest BCUT2D eigenvalue weighted by molar-refractivity contribution is 8.03. The Morgan fingerprint density at radius 2 is 2.23 bits per heavy atom. The van der Waals surface area contributed by atoms with Gasteiger partial charge in [-0.2, -0.15) is 8.42 Å². The number of rotatable bonds is 7. The van der Waals surface area contributed by atoms with Crippen molar-refractivity contribution in [1.82, 2.24) is 4.90 Å². The Morgan fingerprint density at radius 3 is 2.73 bits per heavy atom. The smallest absolute Gasteiger partial charge is 0.397 e. The van der Waals surface area contributed by atoms with Crippen LogP contribution in [0.5, 0.6) is 0 Å². The average molecular weight is 352 g/mol. The van der Waals surface area contributed by atoms with E-state index in [1.165, 1.54) is 18.7 Å². The Hall–Kier alpha value is -1.14. The zero-order chi connectivity index (χ0) is 16.7. The predicted octanol–water partition coefficient (Wildman–Crippen LogP) is -0.587. The van der Waals surface area contributed by atoms with Gasteiger partial charge in [0.1, 0.15) is 5.70 Å². The number of carboxylic acids is 1. The van der Waals surface area contributed by atoms with Crippen LogP contribution in [-0.4, -0.2) is 59.3 Å². The van der Waals surface area contributed by atoms with Crippen molar-refractivity contribution in [1.29, 1.82) is 0 Å². The minimum Gasteiger partial charge on any atom is -0.477 e. The lowest BCUT2D eigenvalue weighted by Gasteiger charge is -2.45. The average Bonchev–Trinajstić information content (AvgIpc) is 2.68. The summed E-state index contributed by atoms with van der Waals surface area (Å²) in [6.45, 7) is 1.71. The third-order valence-corrected chi connectivity index (χ3v) is 5.24. The van der Waals surface area contributed by atoms with Crippen LogP contribution in [0.1, 0.15) is 13.3 Å². The predicted molar refractivity (Wildman–Crippen MR) is 77.0 cm³/mol. The molecular weight excluding hydrogens is 336 g/mol. The van der Waals surface area contributed by atoms with Crippen LogP contribution >= 0.6 is 11.8 Å². The fourth-order valence-electron chi connectivity index (χ4n) is 2.78. The largest absolute Gasteiger partial charge is 0.477 e. The number of aliphatic carboxylic acids is 1. The number of carbonyl (C=O) groups is 2. The van der Waals surface area contributed by atoms with Gasteiger partial charge >= 0.3 is 16.4 Å². The third kappa shape index (κ3) is 3.13. The molecule has 2 aliphatic rings. The minimum absolute atomic E-state index is 0.0799. The van der Waals surface area contributed by atoms with Crippen molar-refractivity contribution in [2.75, 3.05) is 12.3 Å². The van der Waals surface area contributed by atoms with E-state index >= 15 is 0 Å². The molecule has 3 atom stereocenters. The quantitative estimate of drug-likeness (QED) is 0.404. The molecule has 0 aromatic carbocycles. The van der Waals surface area contributed by atoms with Gasteiger partial charge in [0.05, 0.1) is 18.1 Å². The Bertz CT molecular complexity index is 630. The molecular formula is C11H16N2O7S2. The van der Waals surface area contributed by atoms with Gasteiger partial charge in [0.25, 0.3) is 0 Å². The SMILES string of the molecule is C[C@H](OS(=O)(=O)O)[C@@H]1C(=O)N2C(C(=O)O)=C(SCCN)C[C@H]12. The van der Waals surface area contributed by atoms with Crippen molar-refractivity contribution in [3.05, 3.63) is 10.6 Å². The van der Waals surface area contributed by atoms with Gasteiger partial charge in [-0.3, -0.25) is 9.35 Å². The van der Waals surface area contributed by atoms with Crippen molar-refractivity contribution in [3.8, 4) is 0 Å². The highest BCUT2D eigenvalue weighted by atomic mass is 32.3. The van der Waals surface area contributed by atoms with Crippen LogP contribution in [0.2, 0.25) is 0 Å². The maximum Gasteiger partial charge on any atom is 0.397 e. The summed E-state index contributed by atoms with van der Waals surface area (Å²) < 4.78 is 34.6. The van der Waals surface area contributed by atoms with E-state index in [-0.39, 0.29) is 5.70 Å². The normalized spacial score (nSPS) is 26.0. The molecule has 1 fully saturated rings. The van der Waals surface area contributed by atoms with Crippen LogP contribution in [-0.2, 0) is 24.2 Å². The van der Waals surface area contributed by atoms with Gasteiger partial charge in [-0.25, -0.2) is 8.98 Å². The van der Waals surface area contributed by atoms with Crippen LogP contribution in [0.3, 0.4) is 0 Å². The van der Waals surface area contributed by atoms with Crippen molar-refractivity contribution in [2.24, 2.45) is 11.7 Å². The van der Waals surface area contributed by atoms with Crippen molar-refractivity contribution >= 4 is 34.0 Å². The molecule has 1 saturated heterocycles. The van der Waals surface area contributed by atoms with Gasteiger partial charge in [0, 0.05) is 23.6 Å². The van der Waals surface area contributed by atoms with E-state index in [0.29, 0.717) is 23.6 Å². The van der Waals surface area contributed by atoms with Crippen LogP contribution < -0.4 is 5.73 Å². The fourth-order valence-corrected chi connectivity index (χ4v) is 4.26. The molecule has 0 bridgehead atoms. The van der Waals surface area contributed by atoms with Crippen LogP contribution in [0.25, 0.3) is 0 Å². The number of amides is 1. The zero-order valence-corrected chi connectivity index (χ0v) is 13.3. The molecule has 0 radical (unpaired) electrons. The van der Waals surface area contributed by atoms with Crippen LogP contribution in [0, 0.1) is 5.92 Å². The molecule has 1 amide bonds.